The molecule has 0 radical (unpaired) electrons. The SMILES string of the molecule is NC(=O)c1cccc(NS(=O)(=O)c2ccc(N)nc2)c1. The van der Waals surface area contributed by atoms with Crippen LogP contribution in [0.15, 0.2) is 47.5 Å². The third-order valence-electron chi connectivity index (χ3n) is 2.47. The molecule has 2 rings (SSSR count). The number of aromatic nitrogens is 1. The molecule has 0 fully saturated rings. The molecule has 2 aromatic rings. The third-order valence-corrected chi connectivity index (χ3v) is 3.84. The lowest BCUT2D eigenvalue weighted by atomic mass is 10.2. The van der Waals surface area contributed by atoms with E-state index in [2.05, 4.69) is 9.71 Å². The Labute approximate surface area is 115 Å². The van der Waals surface area contributed by atoms with Gasteiger partial charge < -0.3 is 11.5 Å². The van der Waals surface area contributed by atoms with E-state index < -0.39 is 15.9 Å². The van der Waals surface area contributed by atoms with Crippen molar-refractivity contribution in [3.63, 3.8) is 0 Å². The molecule has 8 heteroatoms. The first-order valence-corrected chi connectivity index (χ1v) is 7.01. The molecule has 0 spiro atoms. The molecule has 0 saturated carbocycles. The van der Waals surface area contributed by atoms with Crippen LogP contribution in [0.2, 0.25) is 0 Å². The van der Waals surface area contributed by atoms with Gasteiger partial charge in [-0.25, -0.2) is 13.4 Å². The number of benzene rings is 1. The van der Waals surface area contributed by atoms with Crippen LogP contribution in [-0.4, -0.2) is 19.3 Å². The van der Waals surface area contributed by atoms with Gasteiger partial charge in [-0.15, -0.1) is 0 Å². The van der Waals surface area contributed by atoms with E-state index in [0.717, 1.165) is 6.20 Å². The van der Waals surface area contributed by atoms with Gasteiger partial charge in [-0.2, -0.15) is 0 Å². The second-order valence-electron chi connectivity index (χ2n) is 3.97. The van der Waals surface area contributed by atoms with Crippen LogP contribution in [0, 0.1) is 0 Å². The number of rotatable bonds is 4. The van der Waals surface area contributed by atoms with Crippen LogP contribution in [-0.2, 0) is 10.0 Å². The van der Waals surface area contributed by atoms with Gasteiger partial charge in [-0.05, 0) is 30.3 Å². The number of nitrogens with zero attached hydrogens (tertiary/aromatic N) is 1. The van der Waals surface area contributed by atoms with Gasteiger partial charge in [0.2, 0.25) is 5.91 Å². The molecule has 0 bridgehead atoms. The first-order chi connectivity index (χ1) is 9.38. The zero-order valence-corrected chi connectivity index (χ0v) is 11.1. The van der Waals surface area contributed by atoms with Gasteiger partial charge in [-0.1, -0.05) is 6.07 Å². The minimum Gasteiger partial charge on any atom is -0.384 e. The molecule has 0 saturated heterocycles. The van der Waals surface area contributed by atoms with E-state index >= 15 is 0 Å². The lowest BCUT2D eigenvalue weighted by Crippen LogP contribution is -2.15. The minimum absolute atomic E-state index is 0.0313. The second kappa shape index (κ2) is 5.17. The van der Waals surface area contributed by atoms with Gasteiger partial charge in [0, 0.05) is 17.4 Å². The number of hydrogen-bond donors (Lipinski definition) is 3. The lowest BCUT2D eigenvalue weighted by Gasteiger charge is -2.08. The van der Waals surface area contributed by atoms with Gasteiger partial charge in [0.1, 0.15) is 10.7 Å². The monoisotopic (exact) mass is 292 g/mol. The Balaban J connectivity index is 2.31. The maximum Gasteiger partial charge on any atom is 0.263 e. The fourth-order valence-electron chi connectivity index (χ4n) is 1.50. The van der Waals surface area contributed by atoms with Crippen molar-refractivity contribution in [2.45, 2.75) is 4.90 Å². The highest BCUT2D eigenvalue weighted by molar-refractivity contribution is 7.92. The van der Waals surface area contributed by atoms with Gasteiger partial charge in [0.25, 0.3) is 10.0 Å². The molecule has 5 N–H and O–H groups in total. The Kier molecular flexibility index (Phi) is 3.57. The molecular formula is C12H12N4O3S. The normalized spacial score (nSPS) is 11.0. The summed E-state index contributed by atoms with van der Waals surface area (Å²) in [4.78, 5) is 14.7. The number of nitrogens with two attached hydrogens (primary N) is 2. The van der Waals surface area contributed by atoms with Crippen molar-refractivity contribution < 1.29 is 13.2 Å². The number of anilines is 2. The molecular weight excluding hydrogens is 280 g/mol. The summed E-state index contributed by atoms with van der Waals surface area (Å²) in [6.07, 6.45) is 1.15. The number of pyridine rings is 1. The van der Waals surface area contributed by atoms with E-state index in [4.69, 9.17) is 11.5 Å². The predicted molar refractivity (Wildman–Crippen MR) is 74.4 cm³/mol. The average molecular weight is 292 g/mol. The molecule has 1 aromatic heterocycles. The molecule has 1 amide bonds. The van der Waals surface area contributed by atoms with Crippen LogP contribution in [0.1, 0.15) is 10.4 Å². The highest BCUT2D eigenvalue weighted by atomic mass is 32.2. The van der Waals surface area contributed by atoms with Crippen LogP contribution in [0.3, 0.4) is 0 Å². The Morgan fingerprint density at radius 2 is 1.95 bits per heavy atom. The van der Waals surface area contributed by atoms with Crippen LogP contribution >= 0.6 is 0 Å². The summed E-state index contributed by atoms with van der Waals surface area (Å²) >= 11 is 0. The zero-order valence-electron chi connectivity index (χ0n) is 10.3. The number of sulfonamides is 1. The van der Waals surface area contributed by atoms with Gasteiger partial charge in [0.05, 0.1) is 0 Å². The number of amides is 1. The summed E-state index contributed by atoms with van der Waals surface area (Å²) in [5, 5.41) is 0. The Morgan fingerprint density at radius 1 is 1.20 bits per heavy atom. The summed E-state index contributed by atoms with van der Waals surface area (Å²) in [7, 11) is -3.79. The average Bonchev–Trinajstić information content (AvgIpc) is 2.39. The molecule has 0 aliphatic rings. The Morgan fingerprint density at radius 3 is 2.55 bits per heavy atom. The maximum absolute atomic E-state index is 12.1. The van der Waals surface area contributed by atoms with Gasteiger partial charge in [0.15, 0.2) is 0 Å². The molecule has 0 aliphatic heterocycles. The molecule has 1 aromatic carbocycles. The first kappa shape index (κ1) is 13.8. The van der Waals surface area contributed by atoms with E-state index in [0.29, 0.717) is 0 Å². The van der Waals surface area contributed by atoms with Crippen molar-refractivity contribution in [2.75, 3.05) is 10.5 Å². The molecule has 0 unspecified atom stereocenters. The number of hydrogen-bond acceptors (Lipinski definition) is 5. The van der Waals surface area contributed by atoms with E-state index in [1.54, 1.807) is 0 Å². The van der Waals surface area contributed by atoms with Gasteiger partial charge >= 0.3 is 0 Å². The molecule has 104 valence electrons. The van der Waals surface area contributed by atoms with E-state index in [9.17, 15) is 13.2 Å². The third kappa shape index (κ3) is 3.04. The Hall–Kier alpha value is -2.61. The van der Waals surface area contributed by atoms with Crippen molar-refractivity contribution in [1.29, 1.82) is 0 Å². The van der Waals surface area contributed by atoms with Crippen molar-refractivity contribution in [3.05, 3.63) is 48.2 Å². The molecule has 0 aliphatic carbocycles. The summed E-state index contributed by atoms with van der Waals surface area (Å²) in [6, 6.07) is 8.60. The molecule has 20 heavy (non-hydrogen) atoms. The topological polar surface area (TPSA) is 128 Å². The molecule has 0 atom stereocenters. The van der Waals surface area contributed by atoms with Crippen molar-refractivity contribution in [3.8, 4) is 0 Å². The largest absolute Gasteiger partial charge is 0.384 e. The number of primary amides is 1. The molecule has 1 heterocycles. The van der Waals surface area contributed by atoms with Crippen LogP contribution in [0.4, 0.5) is 11.5 Å². The van der Waals surface area contributed by atoms with Crippen molar-refractivity contribution in [1.82, 2.24) is 4.98 Å². The number of nitrogens with one attached hydrogen (secondary N) is 1. The Bertz CT molecular complexity index is 742. The summed E-state index contributed by atoms with van der Waals surface area (Å²) in [6.45, 7) is 0. The standard InChI is InChI=1S/C12H12N4O3S/c13-11-5-4-10(7-15-11)20(18,19)16-9-3-1-2-8(6-9)12(14)17/h1-7,16H,(H2,13,15)(H2,14,17). The fraction of sp³-hybridized carbons (Fsp3) is 0. The highest BCUT2D eigenvalue weighted by Crippen LogP contribution is 2.17. The predicted octanol–water partition coefficient (Wildman–Crippen LogP) is 0.563. The highest BCUT2D eigenvalue weighted by Gasteiger charge is 2.15. The summed E-state index contributed by atoms with van der Waals surface area (Å²) in [5.74, 6) is -0.417. The fourth-order valence-corrected chi connectivity index (χ4v) is 2.49. The first-order valence-electron chi connectivity index (χ1n) is 5.53. The smallest absolute Gasteiger partial charge is 0.263 e. The van der Waals surface area contributed by atoms with E-state index in [1.807, 2.05) is 0 Å². The van der Waals surface area contributed by atoms with Crippen molar-refractivity contribution in [2.24, 2.45) is 5.73 Å². The number of nitrogen functional groups attached to an aromatic ring is 1. The summed E-state index contributed by atoms with van der Waals surface area (Å²) < 4.78 is 26.5. The lowest BCUT2D eigenvalue weighted by molar-refractivity contribution is 0.100. The van der Waals surface area contributed by atoms with Gasteiger partial charge in [-0.3, -0.25) is 9.52 Å². The maximum atomic E-state index is 12.1. The zero-order chi connectivity index (χ0) is 14.8. The van der Waals surface area contributed by atoms with E-state index in [-0.39, 0.29) is 22.0 Å². The van der Waals surface area contributed by atoms with Crippen LogP contribution in [0.25, 0.3) is 0 Å². The van der Waals surface area contributed by atoms with E-state index in [1.165, 1.54) is 36.4 Å². The number of carbonyl (C=O) groups excluding carboxylic acids is 1. The minimum atomic E-state index is -3.79. The van der Waals surface area contributed by atoms with Crippen LogP contribution < -0.4 is 16.2 Å². The summed E-state index contributed by atoms with van der Waals surface area (Å²) in [5.41, 5.74) is 11.0. The molecule has 7 nitrogen and oxygen atoms in total. The second-order valence-corrected chi connectivity index (χ2v) is 5.65. The quantitative estimate of drug-likeness (QED) is 0.758. The van der Waals surface area contributed by atoms with Crippen molar-refractivity contribution >= 4 is 27.4 Å². The van der Waals surface area contributed by atoms with Crippen LogP contribution in [0.5, 0.6) is 0 Å². The number of carbonyl (C=O) groups is 1.